The Morgan fingerprint density at radius 1 is 1.30 bits per heavy atom. The van der Waals surface area contributed by atoms with Gasteiger partial charge in [-0.05, 0) is 36.1 Å². The highest BCUT2D eigenvalue weighted by Gasteiger charge is 2.21. The van der Waals surface area contributed by atoms with Gasteiger partial charge in [0.15, 0.2) is 0 Å². The lowest BCUT2D eigenvalue weighted by Gasteiger charge is -2.05. The predicted octanol–water partition coefficient (Wildman–Crippen LogP) is 4.75. The van der Waals surface area contributed by atoms with Crippen molar-refractivity contribution in [3.8, 4) is 22.4 Å². The van der Waals surface area contributed by atoms with E-state index in [-0.39, 0.29) is 10.9 Å². The van der Waals surface area contributed by atoms with Gasteiger partial charge in [0.05, 0.1) is 10.6 Å². The second-order valence-electron chi connectivity index (χ2n) is 4.36. The summed E-state index contributed by atoms with van der Waals surface area (Å²) in [7, 11) is 0. The number of aryl methyl sites for hydroxylation is 1. The Bertz CT molecular complexity index is 781. The van der Waals surface area contributed by atoms with E-state index in [1.54, 1.807) is 17.4 Å². The van der Waals surface area contributed by atoms with Crippen LogP contribution in [0.1, 0.15) is 5.56 Å². The SMILES string of the molecule is Cc1cscc1-c1noc(N)c1-c1ccc(F)cc1Cl. The van der Waals surface area contributed by atoms with Gasteiger partial charge in [0, 0.05) is 16.5 Å². The van der Waals surface area contributed by atoms with Crippen molar-refractivity contribution in [3.63, 3.8) is 0 Å². The molecule has 0 bridgehead atoms. The minimum Gasteiger partial charge on any atom is -0.367 e. The molecule has 3 aromatic rings. The summed E-state index contributed by atoms with van der Waals surface area (Å²) in [4.78, 5) is 0. The number of hydrogen-bond donors (Lipinski definition) is 1. The van der Waals surface area contributed by atoms with E-state index in [4.69, 9.17) is 21.9 Å². The number of halogens is 2. The van der Waals surface area contributed by atoms with Crippen molar-refractivity contribution >= 4 is 28.8 Å². The highest BCUT2D eigenvalue weighted by Crippen LogP contribution is 2.41. The molecule has 0 aliphatic heterocycles. The molecule has 2 heterocycles. The van der Waals surface area contributed by atoms with E-state index in [0.29, 0.717) is 16.8 Å². The van der Waals surface area contributed by atoms with Crippen LogP contribution in [0.3, 0.4) is 0 Å². The Balaban J connectivity index is 2.24. The Morgan fingerprint density at radius 3 is 2.75 bits per heavy atom. The van der Waals surface area contributed by atoms with Crippen LogP contribution in [0.4, 0.5) is 10.3 Å². The molecule has 2 aromatic heterocycles. The highest BCUT2D eigenvalue weighted by molar-refractivity contribution is 7.08. The van der Waals surface area contributed by atoms with Crippen molar-refractivity contribution in [2.75, 3.05) is 5.73 Å². The van der Waals surface area contributed by atoms with E-state index in [1.807, 2.05) is 17.7 Å². The molecule has 3 nitrogen and oxygen atoms in total. The summed E-state index contributed by atoms with van der Waals surface area (Å²) >= 11 is 7.67. The van der Waals surface area contributed by atoms with Crippen LogP contribution >= 0.6 is 22.9 Å². The fourth-order valence-electron chi connectivity index (χ4n) is 2.04. The molecule has 0 unspecified atom stereocenters. The minimum atomic E-state index is -0.401. The molecule has 0 atom stereocenters. The Kier molecular flexibility index (Phi) is 3.23. The summed E-state index contributed by atoms with van der Waals surface area (Å²) in [5.41, 5.74) is 9.68. The first-order valence-corrected chi connectivity index (χ1v) is 7.13. The lowest BCUT2D eigenvalue weighted by molar-refractivity contribution is 0.439. The Labute approximate surface area is 123 Å². The Morgan fingerprint density at radius 2 is 2.10 bits per heavy atom. The Hall–Kier alpha value is -1.85. The average Bonchev–Trinajstić information content (AvgIpc) is 2.96. The number of benzene rings is 1. The standard InChI is InChI=1S/C14H10ClFN2OS/c1-7-5-20-6-10(7)13-12(14(17)19-18-13)9-3-2-8(16)4-11(9)15/h2-6H,17H2,1H3. The van der Waals surface area contributed by atoms with Crippen LogP contribution in [-0.2, 0) is 0 Å². The summed E-state index contributed by atoms with van der Waals surface area (Å²) in [6, 6.07) is 4.15. The molecule has 3 rings (SSSR count). The van der Waals surface area contributed by atoms with Crippen molar-refractivity contribution in [2.45, 2.75) is 6.92 Å². The lowest BCUT2D eigenvalue weighted by Crippen LogP contribution is -1.89. The molecule has 0 amide bonds. The van der Waals surface area contributed by atoms with Gasteiger partial charge in [0.2, 0.25) is 5.88 Å². The van der Waals surface area contributed by atoms with Gasteiger partial charge >= 0.3 is 0 Å². The first kappa shape index (κ1) is 13.1. The van der Waals surface area contributed by atoms with Gasteiger partial charge in [-0.3, -0.25) is 0 Å². The van der Waals surface area contributed by atoms with Crippen LogP contribution in [-0.4, -0.2) is 5.16 Å². The zero-order valence-corrected chi connectivity index (χ0v) is 12.1. The summed E-state index contributed by atoms with van der Waals surface area (Å²) in [6.45, 7) is 1.98. The summed E-state index contributed by atoms with van der Waals surface area (Å²) < 4.78 is 18.3. The van der Waals surface area contributed by atoms with Gasteiger partial charge < -0.3 is 10.3 Å². The van der Waals surface area contributed by atoms with E-state index in [1.165, 1.54) is 12.1 Å². The van der Waals surface area contributed by atoms with E-state index in [9.17, 15) is 4.39 Å². The molecule has 0 fully saturated rings. The molecule has 102 valence electrons. The molecule has 2 N–H and O–H groups in total. The van der Waals surface area contributed by atoms with Crippen LogP contribution < -0.4 is 5.73 Å². The van der Waals surface area contributed by atoms with Crippen molar-refractivity contribution in [3.05, 3.63) is 45.4 Å². The number of aromatic nitrogens is 1. The number of thiophene rings is 1. The molecule has 0 radical (unpaired) electrons. The lowest BCUT2D eigenvalue weighted by atomic mass is 10.0. The predicted molar refractivity (Wildman–Crippen MR) is 79.4 cm³/mol. The van der Waals surface area contributed by atoms with Crippen molar-refractivity contribution in [1.82, 2.24) is 5.16 Å². The maximum atomic E-state index is 13.2. The van der Waals surface area contributed by atoms with Crippen LogP contribution in [0.15, 0.2) is 33.5 Å². The fraction of sp³-hybridized carbons (Fsp3) is 0.0714. The third-order valence-corrected chi connectivity index (χ3v) is 4.20. The van der Waals surface area contributed by atoms with Crippen molar-refractivity contribution in [2.24, 2.45) is 0 Å². The topological polar surface area (TPSA) is 52.0 Å². The van der Waals surface area contributed by atoms with Gasteiger partial charge in [0.25, 0.3) is 0 Å². The van der Waals surface area contributed by atoms with Crippen LogP contribution in [0.5, 0.6) is 0 Å². The zero-order valence-electron chi connectivity index (χ0n) is 10.5. The minimum absolute atomic E-state index is 0.166. The number of nitrogens with two attached hydrogens (primary N) is 1. The van der Waals surface area contributed by atoms with Crippen molar-refractivity contribution < 1.29 is 8.91 Å². The number of hydrogen-bond acceptors (Lipinski definition) is 4. The molecule has 1 aromatic carbocycles. The van der Waals surface area contributed by atoms with Crippen LogP contribution in [0, 0.1) is 12.7 Å². The maximum absolute atomic E-state index is 13.2. The molecule has 0 saturated carbocycles. The molecular formula is C14H10ClFN2OS. The van der Waals surface area contributed by atoms with Gasteiger partial charge in [-0.2, -0.15) is 11.3 Å². The fourth-order valence-corrected chi connectivity index (χ4v) is 3.14. The smallest absolute Gasteiger partial charge is 0.230 e. The maximum Gasteiger partial charge on any atom is 0.230 e. The van der Waals surface area contributed by atoms with Gasteiger partial charge in [0.1, 0.15) is 11.5 Å². The third kappa shape index (κ3) is 2.09. The molecule has 0 spiro atoms. The van der Waals surface area contributed by atoms with Gasteiger partial charge in [-0.15, -0.1) is 0 Å². The first-order valence-electron chi connectivity index (χ1n) is 5.81. The monoisotopic (exact) mass is 308 g/mol. The molecular weight excluding hydrogens is 299 g/mol. The quantitative estimate of drug-likeness (QED) is 0.743. The summed E-state index contributed by atoms with van der Waals surface area (Å²) in [5, 5.41) is 8.26. The highest BCUT2D eigenvalue weighted by atomic mass is 35.5. The second kappa shape index (κ2) is 4.92. The average molecular weight is 309 g/mol. The number of nitrogen functional groups attached to an aromatic ring is 1. The molecule has 0 aliphatic rings. The zero-order chi connectivity index (χ0) is 14.3. The van der Waals surface area contributed by atoms with E-state index < -0.39 is 5.82 Å². The van der Waals surface area contributed by atoms with Gasteiger partial charge in [-0.1, -0.05) is 16.8 Å². The van der Waals surface area contributed by atoms with Crippen molar-refractivity contribution in [1.29, 1.82) is 0 Å². The second-order valence-corrected chi connectivity index (χ2v) is 5.51. The van der Waals surface area contributed by atoms with E-state index in [0.717, 1.165) is 11.1 Å². The molecule has 0 saturated heterocycles. The third-order valence-electron chi connectivity index (χ3n) is 3.03. The largest absolute Gasteiger partial charge is 0.367 e. The van der Waals surface area contributed by atoms with Crippen LogP contribution in [0.25, 0.3) is 22.4 Å². The summed E-state index contributed by atoms with van der Waals surface area (Å²) in [6.07, 6.45) is 0. The number of rotatable bonds is 2. The van der Waals surface area contributed by atoms with E-state index in [2.05, 4.69) is 5.16 Å². The first-order chi connectivity index (χ1) is 9.58. The number of anilines is 1. The van der Waals surface area contributed by atoms with E-state index >= 15 is 0 Å². The summed E-state index contributed by atoms with van der Waals surface area (Å²) in [5.74, 6) is -0.235. The van der Waals surface area contributed by atoms with Crippen LogP contribution in [0.2, 0.25) is 5.02 Å². The van der Waals surface area contributed by atoms with Gasteiger partial charge in [-0.25, -0.2) is 4.39 Å². The number of nitrogens with zero attached hydrogens (tertiary/aromatic N) is 1. The molecule has 0 aliphatic carbocycles. The normalized spacial score (nSPS) is 10.9. The molecule has 6 heteroatoms. The molecule has 20 heavy (non-hydrogen) atoms.